The number of hydrogen-bond donors (Lipinski definition) is 1. The lowest BCUT2D eigenvalue weighted by Crippen LogP contribution is -2.34. The van der Waals surface area contributed by atoms with Gasteiger partial charge in [-0.3, -0.25) is 4.79 Å². The third-order valence-corrected chi connectivity index (χ3v) is 3.11. The van der Waals surface area contributed by atoms with Gasteiger partial charge in [-0.15, -0.1) is 0 Å². The quantitative estimate of drug-likeness (QED) is 0.816. The first-order valence-electron chi connectivity index (χ1n) is 6.84. The molecule has 0 aliphatic carbocycles. The summed E-state index contributed by atoms with van der Waals surface area (Å²) in [6.07, 6.45) is 6.51. The number of carbonyl (C=O) groups is 1. The van der Waals surface area contributed by atoms with Crippen molar-refractivity contribution in [2.75, 3.05) is 0 Å². The molecule has 0 fully saturated rings. The fourth-order valence-electron chi connectivity index (χ4n) is 1.99. The summed E-state index contributed by atoms with van der Waals surface area (Å²) in [5.41, 5.74) is 1.23. The van der Waals surface area contributed by atoms with Crippen molar-refractivity contribution in [1.82, 2.24) is 5.32 Å². The molecule has 104 valence electrons. The number of furan rings is 1. The van der Waals surface area contributed by atoms with Gasteiger partial charge in [0.2, 0.25) is 5.91 Å². The van der Waals surface area contributed by atoms with Gasteiger partial charge >= 0.3 is 0 Å². The van der Waals surface area contributed by atoms with Gasteiger partial charge in [0.1, 0.15) is 5.76 Å². The molecule has 2 rings (SSSR count). The first-order valence-corrected chi connectivity index (χ1v) is 6.84. The van der Waals surface area contributed by atoms with Crippen molar-refractivity contribution in [2.24, 2.45) is 0 Å². The largest absolute Gasteiger partial charge is 0.465 e. The minimum absolute atomic E-state index is 0.0934. The average molecular weight is 269 g/mol. The van der Waals surface area contributed by atoms with Gasteiger partial charge in [-0.1, -0.05) is 37.3 Å². The summed E-state index contributed by atoms with van der Waals surface area (Å²) in [6, 6.07) is 13.9. The van der Waals surface area contributed by atoms with Gasteiger partial charge in [0.05, 0.1) is 6.26 Å². The monoisotopic (exact) mass is 269 g/mol. The van der Waals surface area contributed by atoms with Crippen LogP contribution in [0.15, 0.2) is 59.2 Å². The van der Waals surface area contributed by atoms with E-state index in [4.69, 9.17) is 4.42 Å². The number of carbonyl (C=O) groups excluding carboxylic acids is 1. The second kappa shape index (κ2) is 7.34. The molecule has 0 bridgehead atoms. The molecule has 0 saturated heterocycles. The van der Waals surface area contributed by atoms with Gasteiger partial charge < -0.3 is 9.73 Å². The van der Waals surface area contributed by atoms with Crippen LogP contribution < -0.4 is 5.32 Å². The van der Waals surface area contributed by atoms with Gasteiger partial charge in [-0.2, -0.15) is 0 Å². The Balaban J connectivity index is 1.88. The maximum absolute atomic E-state index is 11.9. The Labute approximate surface area is 119 Å². The molecular formula is C17H19NO2. The lowest BCUT2D eigenvalue weighted by molar-refractivity contribution is -0.117. The molecule has 20 heavy (non-hydrogen) atoms. The summed E-state index contributed by atoms with van der Waals surface area (Å²) in [4.78, 5) is 11.9. The van der Waals surface area contributed by atoms with Crippen LogP contribution in [0.1, 0.15) is 24.7 Å². The first-order chi connectivity index (χ1) is 9.78. The van der Waals surface area contributed by atoms with Gasteiger partial charge in [0.15, 0.2) is 0 Å². The highest BCUT2D eigenvalue weighted by Crippen LogP contribution is 2.06. The van der Waals surface area contributed by atoms with Crippen LogP contribution in [-0.4, -0.2) is 11.9 Å². The van der Waals surface area contributed by atoms with Gasteiger partial charge in [-0.05, 0) is 36.6 Å². The predicted octanol–water partition coefficient (Wildman–Crippen LogP) is 3.43. The van der Waals surface area contributed by atoms with Crippen molar-refractivity contribution < 1.29 is 9.21 Å². The van der Waals surface area contributed by atoms with Crippen LogP contribution in [0.5, 0.6) is 0 Å². The molecule has 2 aromatic rings. The van der Waals surface area contributed by atoms with Crippen LogP contribution in [0.2, 0.25) is 0 Å². The van der Waals surface area contributed by atoms with Crippen LogP contribution in [-0.2, 0) is 11.2 Å². The van der Waals surface area contributed by atoms with E-state index in [1.54, 1.807) is 18.4 Å². The van der Waals surface area contributed by atoms with E-state index in [0.717, 1.165) is 12.8 Å². The van der Waals surface area contributed by atoms with Crippen molar-refractivity contribution in [3.05, 3.63) is 66.1 Å². The van der Waals surface area contributed by atoms with Gasteiger partial charge in [0.25, 0.3) is 0 Å². The fraction of sp³-hybridized carbons (Fsp3) is 0.235. The van der Waals surface area contributed by atoms with Crippen LogP contribution in [0.25, 0.3) is 6.08 Å². The molecule has 3 heteroatoms. The van der Waals surface area contributed by atoms with Crippen LogP contribution in [0.3, 0.4) is 0 Å². The average Bonchev–Trinajstić information content (AvgIpc) is 2.99. The van der Waals surface area contributed by atoms with E-state index >= 15 is 0 Å². The summed E-state index contributed by atoms with van der Waals surface area (Å²) in [5.74, 6) is 0.584. The molecule has 1 heterocycles. The molecule has 1 aromatic carbocycles. The number of rotatable bonds is 6. The molecule has 1 amide bonds. The summed E-state index contributed by atoms with van der Waals surface area (Å²) in [6.45, 7) is 2.07. The van der Waals surface area contributed by atoms with Gasteiger partial charge in [0, 0.05) is 12.1 Å². The summed E-state index contributed by atoms with van der Waals surface area (Å²) < 4.78 is 5.14. The van der Waals surface area contributed by atoms with Gasteiger partial charge in [-0.25, -0.2) is 0 Å². The zero-order valence-corrected chi connectivity index (χ0v) is 11.6. The molecule has 0 saturated carbocycles. The molecule has 3 nitrogen and oxygen atoms in total. The molecule has 1 N–H and O–H groups in total. The van der Waals surface area contributed by atoms with Crippen molar-refractivity contribution in [3.8, 4) is 0 Å². The van der Waals surface area contributed by atoms with E-state index in [9.17, 15) is 4.79 Å². The zero-order valence-electron chi connectivity index (χ0n) is 11.6. The Hall–Kier alpha value is -2.29. The summed E-state index contributed by atoms with van der Waals surface area (Å²) in [7, 11) is 0. The van der Waals surface area contributed by atoms with E-state index < -0.39 is 0 Å². The summed E-state index contributed by atoms with van der Waals surface area (Å²) >= 11 is 0. The SMILES string of the molecule is CCC(Cc1ccccc1)NC(=O)/C=C/c1ccco1. The minimum Gasteiger partial charge on any atom is -0.465 e. The Bertz CT molecular complexity index is 544. The van der Waals surface area contributed by atoms with Crippen LogP contribution in [0, 0.1) is 0 Å². The molecule has 1 atom stereocenters. The smallest absolute Gasteiger partial charge is 0.244 e. The molecule has 0 aliphatic heterocycles. The molecule has 0 radical (unpaired) electrons. The molecule has 0 aliphatic rings. The van der Waals surface area contributed by atoms with Crippen LogP contribution in [0.4, 0.5) is 0 Å². The maximum atomic E-state index is 11.9. The minimum atomic E-state index is -0.0934. The standard InChI is InChI=1S/C17H19NO2/c1-2-15(13-14-7-4-3-5-8-14)18-17(19)11-10-16-9-6-12-20-16/h3-12,15H,2,13H2,1H3,(H,18,19)/b11-10+. The topological polar surface area (TPSA) is 42.2 Å². The Morgan fingerprint density at radius 3 is 2.70 bits per heavy atom. The van der Waals surface area contributed by atoms with Crippen molar-refractivity contribution in [2.45, 2.75) is 25.8 Å². The second-order valence-electron chi connectivity index (χ2n) is 4.65. The van der Waals surface area contributed by atoms with Crippen molar-refractivity contribution >= 4 is 12.0 Å². The highest BCUT2D eigenvalue weighted by atomic mass is 16.3. The van der Waals surface area contributed by atoms with Crippen molar-refractivity contribution in [3.63, 3.8) is 0 Å². The predicted molar refractivity (Wildman–Crippen MR) is 80.1 cm³/mol. The first kappa shape index (κ1) is 14.1. The number of hydrogen-bond acceptors (Lipinski definition) is 2. The molecule has 1 aromatic heterocycles. The zero-order chi connectivity index (χ0) is 14.2. The maximum Gasteiger partial charge on any atom is 0.244 e. The Morgan fingerprint density at radius 1 is 1.25 bits per heavy atom. The van der Waals surface area contributed by atoms with Crippen molar-refractivity contribution in [1.29, 1.82) is 0 Å². The fourth-order valence-corrected chi connectivity index (χ4v) is 1.99. The third-order valence-electron chi connectivity index (χ3n) is 3.11. The summed E-state index contributed by atoms with van der Waals surface area (Å²) in [5, 5.41) is 3.01. The molecule has 0 spiro atoms. The Morgan fingerprint density at radius 2 is 2.05 bits per heavy atom. The van der Waals surface area contributed by atoms with E-state index in [1.165, 1.54) is 11.6 Å². The normalized spacial score (nSPS) is 12.4. The third kappa shape index (κ3) is 4.43. The molecule has 1 unspecified atom stereocenters. The van der Waals surface area contributed by atoms with E-state index in [-0.39, 0.29) is 11.9 Å². The highest BCUT2D eigenvalue weighted by Gasteiger charge is 2.09. The lowest BCUT2D eigenvalue weighted by Gasteiger charge is -2.15. The molecular weight excluding hydrogens is 250 g/mol. The van der Waals surface area contributed by atoms with E-state index in [0.29, 0.717) is 5.76 Å². The number of nitrogens with one attached hydrogen (secondary N) is 1. The van der Waals surface area contributed by atoms with E-state index in [1.807, 2.05) is 24.3 Å². The second-order valence-corrected chi connectivity index (χ2v) is 4.65. The number of benzene rings is 1. The number of amides is 1. The lowest BCUT2D eigenvalue weighted by atomic mass is 10.0. The van der Waals surface area contributed by atoms with E-state index in [2.05, 4.69) is 24.4 Å². The highest BCUT2D eigenvalue weighted by molar-refractivity contribution is 5.91. The van der Waals surface area contributed by atoms with Crippen LogP contribution >= 0.6 is 0 Å². The Kier molecular flexibility index (Phi) is 5.18.